The van der Waals surface area contributed by atoms with E-state index in [4.69, 9.17) is 24.8 Å². The molecule has 0 bridgehead atoms. The smallest absolute Gasteiger partial charge is 0.323 e. The number of ether oxygens (including phenoxy) is 1. The van der Waals surface area contributed by atoms with Crippen LogP contribution in [0.4, 0.5) is 0 Å². The molecule has 10 heteroatoms. The second-order valence-electron chi connectivity index (χ2n) is 5.47. The molecule has 1 amide bonds. The number of carbonyl (C=O) groups excluding carboxylic acids is 4. The number of nitroso groups, excluding NO2 is 1. The fourth-order valence-electron chi connectivity index (χ4n) is 2.46. The van der Waals surface area contributed by atoms with E-state index in [0.717, 1.165) is 6.26 Å². The zero-order chi connectivity index (χ0) is 19.7. The largest absolute Gasteiger partial charge is 0.484 e. The van der Waals surface area contributed by atoms with Gasteiger partial charge in [-0.05, 0) is 29.7 Å². The number of allylic oxidation sites excluding steroid dienone is 1. The van der Waals surface area contributed by atoms with Crippen LogP contribution in [0.3, 0.4) is 0 Å². The van der Waals surface area contributed by atoms with Gasteiger partial charge in [-0.2, -0.15) is 0 Å². The standard InChI is InChI=1S/C17H7B2NO7/c18-12-13(19)17-11(15(23)16(12)24)9(5-27-17)14(22)7-1-3-8(4-2-7)26-6-10(21)20-25/h1-5H,6H2. The second-order valence-corrected chi connectivity index (χ2v) is 5.47. The summed E-state index contributed by atoms with van der Waals surface area (Å²) in [4.78, 5) is 57.6. The van der Waals surface area contributed by atoms with E-state index in [1.165, 1.54) is 24.3 Å². The van der Waals surface area contributed by atoms with Crippen LogP contribution in [-0.2, 0) is 9.59 Å². The third-order valence-corrected chi connectivity index (χ3v) is 3.83. The molecule has 0 spiro atoms. The lowest BCUT2D eigenvalue weighted by Gasteiger charge is -2.13. The number of hydrogen-bond donors (Lipinski definition) is 0. The molecule has 0 atom stereocenters. The van der Waals surface area contributed by atoms with Crippen molar-refractivity contribution in [3.63, 3.8) is 0 Å². The Bertz CT molecular complexity index is 1030. The molecule has 128 valence electrons. The number of fused-ring (bicyclic) bond motifs is 1. The number of nitrogens with zero attached hydrogens (tertiary/aromatic N) is 1. The third kappa shape index (κ3) is 3.17. The van der Waals surface area contributed by atoms with Crippen molar-refractivity contribution in [1.29, 1.82) is 0 Å². The van der Waals surface area contributed by atoms with Crippen molar-refractivity contribution in [3.8, 4) is 5.75 Å². The van der Waals surface area contributed by atoms with Crippen molar-refractivity contribution in [2.24, 2.45) is 5.18 Å². The molecular formula is C17H7B2NO7. The molecule has 0 unspecified atom stereocenters. The minimum Gasteiger partial charge on any atom is -0.484 e. The number of carbonyl (C=O) groups is 4. The summed E-state index contributed by atoms with van der Waals surface area (Å²) in [7, 11) is 11.2. The first-order valence-electron chi connectivity index (χ1n) is 7.45. The Morgan fingerprint density at radius 2 is 1.70 bits per heavy atom. The summed E-state index contributed by atoms with van der Waals surface area (Å²) in [5, 5.41) is 2.19. The second kappa shape index (κ2) is 6.99. The highest BCUT2D eigenvalue weighted by Crippen LogP contribution is 2.31. The Kier molecular flexibility index (Phi) is 4.72. The molecule has 1 aromatic carbocycles. The van der Waals surface area contributed by atoms with Crippen LogP contribution >= 0.6 is 0 Å². The van der Waals surface area contributed by atoms with Crippen LogP contribution in [0.1, 0.15) is 32.0 Å². The zero-order valence-corrected chi connectivity index (χ0v) is 13.6. The average Bonchev–Trinajstić information content (AvgIpc) is 3.13. The Morgan fingerprint density at radius 3 is 2.33 bits per heavy atom. The van der Waals surface area contributed by atoms with E-state index < -0.39 is 35.3 Å². The van der Waals surface area contributed by atoms with Crippen LogP contribution in [0.5, 0.6) is 5.75 Å². The van der Waals surface area contributed by atoms with E-state index in [1.807, 2.05) is 0 Å². The van der Waals surface area contributed by atoms with Crippen LogP contribution in [0.25, 0.3) is 5.47 Å². The fourth-order valence-corrected chi connectivity index (χ4v) is 2.46. The molecule has 3 rings (SSSR count). The van der Waals surface area contributed by atoms with Gasteiger partial charge < -0.3 is 9.15 Å². The van der Waals surface area contributed by atoms with Crippen LogP contribution < -0.4 is 4.74 Å². The number of benzene rings is 1. The van der Waals surface area contributed by atoms with Gasteiger partial charge in [-0.25, -0.2) is 0 Å². The number of furan rings is 1. The Balaban J connectivity index is 1.89. The van der Waals surface area contributed by atoms with Crippen molar-refractivity contribution >= 4 is 44.4 Å². The van der Waals surface area contributed by atoms with Crippen molar-refractivity contribution in [1.82, 2.24) is 0 Å². The lowest BCUT2D eigenvalue weighted by atomic mass is 9.70. The summed E-state index contributed by atoms with van der Waals surface area (Å²) in [6.45, 7) is -0.532. The summed E-state index contributed by atoms with van der Waals surface area (Å²) in [5.41, 5.74) is -0.841. The van der Waals surface area contributed by atoms with Crippen molar-refractivity contribution in [2.75, 3.05) is 6.61 Å². The highest BCUT2D eigenvalue weighted by Gasteiger charge is 2.35. The maximum absolute atomic E-state index is 12.7. The normalized spacial score (nSPS) is 13.3. The van der Waals surface area contributed by atoms with Crippen LogP contribution in [-0.4, -0.2) is 45.6 Å². The van der Waals surface area contributed by atoms with E-state index in [0.29, 0.717) is 0 Å². The fraction of sp³-hybridized carbons (Fsp3) is 0.0588. The number of amides is 1. The van der Waals surface area contributed by atoms with Crippen LogP contribution in [0.2, 0.25) is 0 Å². The monoisotopic (exact) mass is 359 g/mol. The summed E-state index contributed by atoms with van der Waals surface area (Å²) in [6.07, 6.45) is 1.03. The summed E-state index contributed by atoms with van der Waals surface area (Å²) in [6, 6.07) is 5.52. The number of rotatable bonds is 5. The predicted octanol–water partition coefficient (Wildman–Crippen LogP) is 0.953. The molecule has 1 aliphatic rings. The van der Waals surface area contributed by atoms with E-state index >= 15 is 0 Å². The van der Waals surface area contributed by atoms with Gasteiger partial charge in [0.25, 0.3) is 0 Å². The Hall–Kier alpha value is -3.55. The lowest BCUT2D eigenvalue weighted by Crippen LogP contribution is -2.25. The van der Waals surface area contributed by atoms with Crippen LogP contribution in [0, 0.1) is 4.91 Å². The topological polar surface area (TPSA) is 120 Å². The summed E-state index contributed by atoms with van der Waals surface area (Å²) < 4.78 is 10.2. The van der Waals surface area contributed by atoms with Gasteiger partial charge in [0.2, 0.25) is 11.6 Å². The van der Waals surface area contributed by atoms with Crippen molar-refractivity contribution in [3.05, 3.63) is 63.4 Å². The van der Waals surface area contributed by atoms with E-state index in [1.54, 1.807) is 0 Å². The van der Waals surface area contributed by atoms with Crippen molar-refractivity contribution < 1.29 is 28.3 Å². The van der Waals surface area contributed by atoms with E-state index in [9.17, 15) is 24.1 Å². The third-order valence-electron chi connectivity index (χ3n) is 3.83. The molecule has 27 heavy (non-hydrogen) atoms. The first-order valence-corrected chi connectivity index (χ1v) is 7.45. The average molecular weight is 359 g/mol. The first kappa shape index (κ1) is 18.2. The maximum Gasteiger partial charge on any atom is 0.323 e. The van der Waals surface area contributed by atoms with Gasteiger partial charge in [-0.15, -0.1) is 4.91 Å². The molecule has 1 aromatic heterocycles. The first-order chi connectivity index (χ1) is 12.8. The molecule has 2 aromatic rings. The number of ketones is 3. The van der Waals surface area contributed by atoms with E-state index in [2.05, 4.69) is 5.18 Å². The number of Topliss-reactive ketones (excluding diaryl/α,β-unsaturated/α-hetero) is 2. The van der Waals surface area contributed by atoms with Gasteiger partial charge in [0, 0.05) is 10.7 Å². The molecule has 1 heterocycles. The summed E-state index contributed by atoms with van der Waals surface area (Å²) in [5.74, 6) is -3.45. The minimum atomic E-state index is -1.01. The Morgan fingerprint density at radius 1 is 1.04 bits per heavy atom. The Labute approximate surface area is 154 Å². The predicted molar refractivity (Wildman–Crippen MR) is 92.6 cm³/mol. The van der Waals surface area contributed by atoms with Gasteiger partial charge in [0.15, 0.2) is 12.4 Å². The highest BCUT2D eigenvalue weighted by molar-refractivity contribution is 6.68. The molecular weight excluding hydrogens is 352 g/mol. The molecule has 0 aliphatic heterocycles. The molecule has 1 aliphatic carbocycles. The van der Waals surface area contributed by atoms with Gasteiger partial charge in [0.1, 0.15) is 33.5 Å². The van der Waals surface area contributed by atoms with Gasteiger partial charge >= 0.3 is 5.91 Å². The lowest BCUT2D eigenvalue weighted by molar-refractivity contribution is -0.119. The van der Waals surface area contributed by atoms with Gasteiger partial charge in [0.05, 0.1) is 11.1 Å². The molecule has 8 nitrogen and oxygen atoms in total. The van der Waals surface area contributed by atoms with E-state index in [-0.39, 0.29) is 33.7 Å². The molecule has 0 saturated heterocycles. The highest BCUT2D eigenvalue weighted by atomic mass is 16.5. The molecule has 0 saturated carbocycles. The van der Waals surface area contributed by atoms with Crippen molar-refractivity contribution in [2.45, 2.75) is 0 Å². The molecule has 0 N–H and O–H groups in total. The number of hydrogen-bond acceptors (Lipinski definition) is 7. The maximum atomic E-state index is 12.7. The van der Waals surface area contributed by atoms with Crippen LogP contribution in [0.15, 0.2) is 45.6 Å². The quantitative estimate of drug-likeness (QED) is 0.337. The minimum absolute atomic E-state index is 0.125. The van der Waals surface area contributed by atoms with Gasteiger partial charge in [-0.1, -0.05) is 5.47 Å². The SMILES string of the molecule is [B]C1=C([B])c2occ(C(=O)c3ccc(OCC(=O)N=O)cc3)c2C(=O)C1=O. The molecule has 4 radical (unpaired) electrons. The zero-order valence-electron chi connectivity index (χ0n) is 13.6. The summed E-state index contributed by atoms with van der Waals surface area (Å²) >= 11 is 0. The molecule has 0 fully saturated rings. The van der Waals surface area contributed by atoms with Gasteiger partial charge in [-0.3, -0.25) is 19.2 Å².